The zero-order valence-electron chi connectivity index (χ0n) is 9.24. The quantitative estimate of drug-likeness (QED) is 0.784. The third-order valence-corrected chi connectivity index (χ3v) is 4.65. The predicted molar refractivity (Wildman–Crippen MR) is 63.4 cm³/mol. The maximum Gasteiger partial charge on any atom is 0.241 e. The summed E-state index contributed by atoms with van der Waals surface area (Å²) < 4.78 is 30.6. The summed E-state index contributed by atoms with van der Waals surface area (Å²) in [6, 6.07) is 1.45. The molecule has 2 aromatic heterocycles. The molecular weight excluding hydrogens is 278 g/mol. The Morgan fingerprint density at radius 3 is 2.94 bits per heavy atom. The van der Waals surface area contributed by atoms with Crippen molar-refractivity contribution in [3.63, 3.8) is 0 Å². The van der Waals surface area contributed by atoms with Crippen molar-refractivity contribution < 1.29 is 18.0 Å². The first-order valence-electron chi connectivity index (χ1n) is 5.05. The molecule has 98 valence electrons. The average Bonchev–Trinajstić information content (AvgIpc) is 2.99. The first kappa shape index (κ1) is 13.1. The number of sulfonamides is 1. The van der Waals surface area contributed by atoms with E-state index in [-0.39, 0.29) is 18.0 Å². The summed E-state index contributed by atoms with van der Waals surface area (Å²) in [6.45, 7) is 0.0230. The van der Waals surface area contributed by atoms with Gasteiger partial charge in [-0.3, -0.25) is 0 Å². The van der Waals surface area contributed by atoms with Crippen LogP contribution in [0.5, 0.6) is 0 Å². The molecule has 0 aromatic carbocycles. The van der Waals surface area contributed by atoms with Crippen molar-refractivity contribution in [2.45, 2.75) is 17.9 Å². The summed E-state index contributed by atoms with van der Waals surface area (Å²) >= 11 is 1.20. The first-order valence-corrected chi connectivity index (χ1v) is 7.41. The van der Waals surface area contributed by atoms with Crippen LogP contribution in [0.15, 0.2) is 27.3 Å². The Hall–Kier alpha value is -1.29. The van der Waals surface area contributed by atoms with Crippen molar-refractivity contribution in [2.24, 2.45) is 0 Å². The first-order chi connectivity index (χ1) is 8.62. The van der Waals surface area contributed by atoms with Crippen molar-refractivity contribution in [1.82, 2.24) is 14.9 Å². The molecule has 2 rings (SSSR count). The van der Waals surface area contributed by atoms with E-state index < -0.39 is 10.0 Å². The molecule has 0 unspecified atom stereocenters. The molecule has 0 aliphatic carbocycles. The van der Waals surface area contributed by atoms with Gasteiger partial charge in [0, 0.05) is 23.2 Å². The average molecular weight is 289 g/mol. The summed E-state index contributed by atoms with van der Waals surface area (Å²) in [6.07, 6.45) is 1.54. The molecule has 0 saturated heterocycles. The van der Waals surface area contributed by atoms with Crippen molar-refractivity contribution in [3.8, 4) is 0 Å². The lowest BCUT2D eigenvalue weighted by Gasteiger charge is -2.02. The summed E-state index contributed by atoms with van der Waals surface area (Å²) in [5, 5.41) is 13.9. The van der Waals surface area contributed by atoms with Crippen LogP contribution in [0.3, 0.4) is 0 Å². The molecule has 0 amide bonds. The third-order valence-electron chi connectivity index (χ3n) is 2.14. The Kier molecular flexibility index (Phi) is 4.07. The van der Waals surface area contributed by atoms with Gasteiger partial charge in [-0.2, -0.15) is 4.98 Å². The summed E-state index contributed by atoms with van der Waals surface area (Å²) in [4.78, 5) is 4.54. The fourth-order valence-corrected chi connectivity index (χ4v) is 3.43. The number of rotatable bonds is 6. The lowest BCUT2D eigenvalue weighted by atomic mass is 10.4. The SMILES string of the molecule is O=S(=O)(NCCc1ncon1)c1csc(CO)c1. The number of thiophene rings is 1. The number of hydrogen-bond acceptors (Lipinski definition) is 7. The minimum atomic E-state index is -3.54. The van der Waals surface area contributed by atoms with Gasteiger partial charge in [0.05, 0.1) is 11.5 Å². The van der Waals surface area contributed by atoms with Gasteiger partial charge in [0.15, 0.2) is 5.82 Å². The summed E-state index contributed by atoms with van der Waals surface area (Å²) in [5.41, 5.74) is 0. The Balaban J connectivity index is 1.95. The maximum absolute atomic E-state index is 11.8. The molecule has 9 heteroatoms. The van der Waals surface area contributed by atoms with Crippen LogP contribution < -0.4 is 4.72 Å². The molecule has 0 saturated carbocycles. The van der Waals surface area contributed by atoms with Gasteiger partial charge < -0.3 is 9.63 Å². The van der Waals surface area contributed by atoms with Crippen LogP contribution in [0.25, 0.3) is 0 Å². The topological polar surface area (TPSA) is 105 Å². The van der Waals surface area contributed by atoms with E-state index in [1.54, 1.807) is 0 Å². The van der Waals surface area contributed by atoms with Gasteiger partial charge in [-0.25, -0.2) is 13.1 Å². The van der Waals surface area contributed by atoms with Crippen LogP contribution in [-0.4, -0.2) is 30.2 Å². The van der Waals surface area contributed by atoms with E-state index in [1.165, 1.54) is 29.2 Å². The Labute approximate surface area is 108 Å². The Morgan fingerprint density at radius 2 is 2.33 bits per heavy atom. The van der Waals surface area contributed by atoms with Gasteiger partial charge in [0.1, 0.15) is 0 Å². The minimum absolute atomic E-state index is 0.157. The molecule has 0 fully saturated rings. The molecule has 18 heavy (non-hydrogen) atoms. The molecular formula is C9H11N3O4S2. The van der Waals surface area contributed by atoms with Crippen molar-refractivity contribution in [2.75, 3.05) is 6.54 Å². The van der Waals surface area contributed by atoms with Crippen LogP contribution in [-0.2, 0) is 23.1 Å². The second kappa shape index (κ2) is 5.57. The highest BCUT2D eigenvalue weighted by Gasteiger charge is 2.15. The standard InChI is InChI=1S/C9H11N3O4S2/c13-4-7-3-8(5-17-7)18(14,15)11-2-1-9-10-6-16-12-9/h3,5-6,11,13H,1-2,4H2. The van der Waals surface area contributed by atoms with E-state index >= 15 is 0 Å². The fourth-order valence-electron chi connectivity index (χ4n) is 1.27. The lowest BCUT2D eigenvalue weighted by Crippen LogP contribution is -2.25. The highest BCUT2D eigenvalue weighted by molar-refractivity contribution is 7.89. The van der Waals surface area contributed by atoms with Crippen LogP contribution in [0, 0.1) is 0 Å². The van der Waals surface area contributed by atoms with Gasteiger partial charge in [-0.15, -0.1) is 11.3 Å². The number of nitrogens with zero attached hydrogens (tertiary/aromatic N) is 2. The van der Waals surface area contributed by atoms with Crippen LogP contribution in [0.1, 0.15) is 10.7 Å². The van der Waals surface area contributed by atoms with Crippen LogP contribution >= 0.6 is 11.3 Å². The normalized spacial score (nSPS) is 11.8. The van der Waals surface area contributed by atoms with E-state index in [4.69, 9.17) is 5.11 Å². The number of nitrogens with one attached hydrogen (secondary N) is 1. The van der Waals surface area contributed by atoms with Crippen LogP contribution in [0.4, 0.5) is 0 Å². The molecule has 2 aromatic rings. The van der Waals surface area contributed by atoms with Gasteiger partial charge in [0.25, 0.3) is 0 Å². The molecule has 7 nitrogen and oxygen atoms in total. The second-order valence-corrected chi connectivity index (χ2v) is 6.16. The van der Waals surface area contributed by atoms with E-state index in [9.17, 15) is 8.42 Å². The number of hydrogen-bond donors (Lipinski definition) is 2. The third kappa shape index (κ3) is 3.13. The minimum Gasteiger partial charge on any atom is -0.391 e. The predicted octanol–water partition coefficient (Wildman–Crippen LogP) is 0.144. The lowest BCUT2D eigenvalue weighted by molar-refractivity contribution is 0.285. The summed E-state index contributed by atoms with van der Waals surface area (Å²) in [5.74, 6) is 0.444. The van der Waals surface area contributed by atoms with E-state index in [1.807, 2.05) is 0 Å². The largest absolute Gasteiger partial charge is 0.391 e. The number of aromatic nitrogens is 2. The number of aliphatic hydroxyl groups is 1. The molecule has 0 radical (unpaired) electrons. The second-order valence-electron chi connectivity index (χ2n) is 3.40. The highest BCUT2D eigenvalue weighted by Crippen LogP contribution is 2.18. The van der Waals surface area contributed by atoms with E-state index in [2.05, 4.69) is 19.4 Å². The number of aliphatic hydroxyl groups excluding tert-OH is 1. The van der Waals surface area contributed by atoms with Gasteiger partial charge >= 0.3 is 0 Å². The van der Waals surface area contributed by atoms with Gasteiger partial charge in [-0.1, -0.05) is 5.16 Å². The van der Waals surface area contributed by atoms with Crippen molar-refractivity contribution in [3.05, 3.63) is 28.5 Å². The molecule has 2 N–H and O–H groups in total. The smallest absolute Gasteiger partial charge is 0.241 e. The Bertz CT molecular complexity index is 591. The molecule has 0 aliphatic heterocycles. The van der Waals surface area contributed by atoms with Gasteiger partial charge in [-0.05, 0) is 6.07 Å². The zero-order chi connectivity index (χ0) is 13.0. The maximum atomic E-state index is 11.8. The molecule has 2 heterocycles. The molecule has 0 atom stereocenters. The summed E-state index contributed by atoms with van der Waals surface area (Å²) in [7, 11) is -3.54. The van der Waals surface area contributed by atoms with E-state index in [0.717, 1.165) is 0 Å². The molecule has 0 aliphatic rings. The van der Waals surface area contributed by atoms with Crippen LogP contribution in [0.2, 0.25) is 0 Å². The van der Waals surface area contributed by atoms with E-state index in [0.29, 0.717) is 17.1 Å². The van der Waals surface area contributed by atoms with Crippen molar-refractivity contribution in [1.29, 1.82) is 0 Å². The molecule has 0 bridgehead atoms. The molecule has 0 spiro atoms. The van der Waals surface area contributed by atoms with Gasteiger partial charge in [0.2, 0.25) is 16.4 Å². The highest BCUT2D eigenvalue weighted by atomic mass is 32.2. The van der Waals surface area contributed by atoms with Crippen molar-refractivity contribution >= 4 is 21.4 Å². The monoisotopic (exact) mass is 289 g/mol. The zero-order valence-corrected chi connectivity index (χ0v) is 10.9. The Morgan fingerprint density at radius 1 is 1.50 bits per heavy atom. The fraction of sp³-hybridized carbons (Fsp3) is 0.333.